The summed E-state index contributed by atoms with van der Waals surface area (Å²) in [6, 6.07) is 14.2. The molecule has 4 rings (SSSR count). The molecule has 0 aliphatic carbocycles. The standard InChI is InChI=1S/C20H15F3N4S/c1-26-17-7-5-15(9-13(17)6-8-18(26)28)19(27-12-24-11-25-27)14-3-2-4-16(10-14)20(21,22)23/h2-12,19H,1H3. The smallest absolute Gasteiger partial charge is 0.335 e. The first-order valence-corrected chi connectivity index (χ1v) is 8.86. The molecule has 0 N–H and O–H groups in total. The molecule has 8 heteroatoms. The maximum atomic E-state index is 13.2. The molecule has 0 fully saturated rings. The number of rotatable bonds is 3. The fourth-order valence-corrected chi connectivity index (χ4v) is 3.47. The molecule has 0 bridgehead atoms. The molecule has 0 aliphatic rings. The first-order chi connectivity index (χ1) is 13.3. The maximum absolute atomic E-state index is 13.2. The van der Waals surface area contributed by atoms with Gasteiger partial charge in [-0.2, -0.15) is 18.3 Å². The number of hydrogen-bond acceptors (Lipinski definition) is 3. The van der Waals surface area contributed by atoms with E-state index >= 15 is 0 Å². The molecule has 0 spiro atoms. The van der Waals surface area contributed by atoms with Crippen molar-refractivity contribution in [3.05, 3.63) is 88.6 Å². The van der Waals surface area contributed by atoms with E-state index in [1.165, 1.54) is 18.7 Å². The van der Waals surface area contributed by atoms with E-state index in [0.29, 0.717) is 10.2 Å². The first kappa shape index (κ1) is 18.4. The zero-order valence-electron chi connectivity index (χ0n) is 14.8. The van der Waals surface area contributed by atoms with Crippen molar-refractivity contribution in [1.82, 2.24) is 19.3 Å². The Labute approximate surface area is 163 Å². The molecule has 4 nitrogen and oxygen atoms in total. The molecule has 2 aromatic heterocycles. The SMILES string of the molecule is Cn1c(=S)ccc2cc(C(c3cccc(C(F)(F)F)c3)n3cncn3)ccc21. The van der Waals surface area contributed by atoms with Crippen LogP contribution in [0.15, 0.2) is 67.3 Å². The molecular formula is C20H15F3N4S. The number of aromatic nitrogens is 4. The van der Waals surface area contributed by atoms with Gasteiger partial charge in [0.2, 0.25) is 0 Å². The van der Waals surface area contributed by atoms with Crippen LogP contribution >= 0.6 is 12.2 Å². The highest BCUT2D eigenvalue weighted by molar-refractivity contribution is 7.71. The molecule has 142 valence electrons. The lowest BCUT2D eigenvalue weighted by molar-refractivity contribution is -0.137. The summed E-state index contributed by atoms with van der Waals surface area (Å²) in [6.07, 6.45) is -1.55. The monoisotopic (exact) mass is 400 g/mol. The van der Waals surface area contributed by atoms with E-state index in [4.69, 9.17) is 12.2 Å². The van der Waals surface area contributed by atoms with Gasteiger partial charge in [-0.1, -0.05) is 30.4 Å². The molecule has 1 unspecified atom stereocenters. The second-order valence-corrected chi connectivity index (χ2v) is 6.87. The van der Waals surface area contributed by atoms with Gasteiger partial charge in [0.25, 0.3) is 0 Å². The third-order valence-corrected chi connectivity index (χ3v) is 5.11. The Kier molecular flexibility index (Phi) is 4.50. The Balaban J connectivity index is 1.90. The van der Waals surface area contributed by atoms with Crippen molar-refractivity contribution in [3.8, 4) is 0 Å². The molecule has 28 heavy (non-hydrogen) atoms. The lowest BCUT2D eigenvalue weighted by Crippen LogP contribution is -2.14. The maximum Gasteiger partial charge on any atom is 0.416 e. The van der Waals surface area contributed by atoms with Crippen LogP contribution in [0.2, 0.25) is 0 Å². The quantitative estimate of drug-likeness (QED) is 0.446. The fraction of sp³-hybridized carbons (Fsp3) is 0.150. The molecule has 0 saturated heterocycles. The highest BCUT2D eigenvalue weighted by Crippen LogP contribution is 2.34. The van der Waals surface area contributed by atoms with Crippen molar-refractivity contribution < 1.29 is 13.2 Å². The van der Waals surface area contributed by atoms with Crippen molar-refractivity contribution in [3.63, 3.8) is 0 Å². The molecule has 4 aromatic rings. The Bertz CT molecular complexity index is 1200. The topological polar surface area (TPSA) is 35.6 Å². The summed E-state index contributed by atoms with van der Waals surface area (Å²) in [4.78, 5) is 3.97. The number of aryl methyl sites for hydroxylation is 1. The predicted octanol–water partition coefficient (Wildman–Crippen LogP) is 5.16. The van der Waals surface area contributed by atoms with E-state index in [-0.39, 0.29) is 0 Å². The molecular weight excluding hydrogens is 385 g/mol. The van der Waals surface area contributed by atoms with Crippen molar-refractivity contribution in [2.24, 2.45) is 7.05 Å². The normalized spacial score (nSPS) is 13.0. The van der Waals surface area contributed by atoms with Gasteiger partial charge in [0.05, 0.1) is 5.56 Å². The summed E-state index contributed by atoms with van der Waals surface area (Å²) in [5.41, 5.74) is 1.52. The Morgan fingerprint density at radius 2 is 1.79 bits per heavy atom. The fourth-order valence-electron chi connectivity index (χ4n) is 3.31. The highest BCUT2D eigenvalue weighted by atomic mass is 32.1. The van der Waals surface area contributed by atoms with E-state index < -0.39 is 17.8 Å². The van der Waals surface area contributed by atoms with Gasteiger partial charge in [-0.25, -0.2) is 9.67 Å². The van der Waals surface area contributed by atoms with E-state index in [1.54, 1.807) is 10.7 Å². The highest BCUT2D eigenvalue weighted by Gasteiger charge is 2.31. The Morgan fingerprint density at radius 3 is 2.50 bits per heavy atom. The molecule has 0 saturated carbocycles. The number of fused-ring (bicyclic) bond motifs is 1. The summed E-state index contributed by atoms with van der Waals surface area (Å²) >= 11 is 5.29. The Morgan fingerprint density at radius 1 is 1.00 bits per heavy atom. The molecule has 2 heterocycles. The van der Waals surface area contributed by atoms with E-state index in [1.807, 2.05) is 41.9 Å². The Hall–Kier alpha value is -3.00. The first-order valence-electron chi connectivity index (χ1n) is 8.45. The van der Waals surface area contributed by atoms with E-state index in [9.17, 15) is 13.2 Å². The minimum absolute atomic E-state index is 0.476. The zero-order valence-corrected chi connectivity index (χ0v) is 15.6. The van der Waals surface area contributed by atoms with Crippen LogP contribution in [-0.4, -0.2) is 19.3 Å². The third-order valence-electron chi connectivity index (χ3n) is 4.70. The second kappa shape index (κ2) is 6.87. The summed E-state index contributed by atoms with van der Waals surface area (Å²) < 4.78 is 43.8. The van der Waals surface area contributed by atoms with Crippen molar-refractivity contribution in [2.75, 3.05) is 0 Å². The minimum Gasteiger partial charge on any atom is -0.335 e. The number of hydrogen-bond donors (Lipinski definition) is 0. The second-order valence-electron chi connectivity index (χ2n) is 6.45. The average Bonchev–Trinajstić information content (AvgIpc) is 3.19. The molecule has 2 aromatic carbocycles. The van der Waals surface area contributed by atoms with Gasteiger partial charge in [0.15, 0.2) is 0 Å². The van der Waals surface area contributed by atoms with Crippen LogP contribution in [0.4, 0.5) is 13.2 Å². The number of halogens is 3. The zero-order chi connectivity index (χ0) is 19.9. The lowest BCUT2D eigenvalue weighted by Gasteiger charge is -2.20. The largest absolute Gasteiger partial charge is 0.416 e. The van der Waals surface area contributed by atoms with Gasteiger partial charge in [0.1, 0.15) is 23.3 Å². The van der Waals surface area contributed by atoms with Gasteiger partial charge in [-0.3, -0.25) is 0 Å². The van der Waals surface area contributed by atoms with Crippen molar-refractivity contribution in [2.45, 2.75) is 12.2 Å². The number of alkyl halides is 3. The molecule has 1 atom stereocenters. The number of nitrogens with zero attached hydrogens (tertiary/aromatic N) is 4. The minimum atomic E-state index is -4.42. The van der Waals surface area contributed by atoms with E-state index in [2.05, 4.69) is 10.1 Å². The van der Waals surface area contributed by atoms with Gasteiger partial charge >= 0.3 is 6.18 Å². The third kappa shape index (κ3) is 3.31. The summed E-state index contributed by atoms with van der Waals surface area (Å²) in [5.74, 6) is 0. The number of pyridine rings is 1. The van der Waals surface area contributed by atoms with Crippen LogP contribution in [-0.2, 0) is 13.2 Å². The number of benzene rings is 2. The van der Waals surface area contributed by atoms with Gasteiger partial charge in [-0.15, -0.1) is 0 Å². The van der Waals surface area contributed by atoms with Crippen LogP contribution < -0.4 is 0 Å². The molecule has 0 aliphatic heterocycles. The van der Waals surface area contributed by atoms with E-state index in [0.717, 1.165) is 28.6 Å². The van der Waals surface area contributed by atoms with Gasteiger partial charge < -0.3 is 4.57 Å². The van der Waals surface area contributed by atoms with Crippen LogP contribution in [0.5, 0.6) is 0 Å². The predicted molar refractivity (Wildman–Crippen MR) is 102 cm³/mol. The molecule has 0 amide bonds. The summed E-state index contributed by atoms with van der Waals surface area (Å²) in [6.45, 7) is 0. The van der Waals surface area contributed by atoms with Gasteiger partial charge in [-0.05, 0) is 52.9 Å². The van der Waals surface area contributed by atoms with Crippen molar-refractivity contribution in [1.29, 1.82) is 0 Å². The average molecular weight is 400 g/mol. The van der Waals surface area contributed by atoms with Crippen molar-refractivity contribution >= 4 is 23.1 Å². The van der Waals surface area contributed by atoms with Gasteiger partial charge in [0, 0.05) is 12.6 Å². The summed E-state index contributed by atoms with van der Waals surface area (Å²) in [7, 11) is 1.88. The van der Waals surface area contributed by atoms with Crippen LogP contribution in [0.1, 0.15) is 22.7 Å². The lowest BCUT2D eigenvalue weighted by atomic mass is 9.96. The van der Waals surface area contributed by atoms with Crippen LogP contribution in [0, 0.1) is 4.64 Å². The van der Waals surface area contributed by atoms with Crippen LogP contribution in [0.3, 0.4) is 0 Å². The summed E-state index contributed by atoms with van der Waals surface area (Å²) in [5, 5.41) is 5.11. The molecule has 0 radical (unpaired) electrons. The van der Waals surface area contributed by atoms with Crippen LogP contribution in [0.25, 0.3) is 10.9 Å².